The summed E-state index contributed by atoms with van der Waals surface area (Å²) >= 11 is 6.19. The molecule has 0 spiro atoms. The lowest BCUT2D eigenvalue weighted by atomic mass is 9.97. The summed E-state index contributed by atoms with van der Waals surface area (Å²) in [5, 5.41) is 30.6. The molecule has 4 aromatic heterocycles. The molecule has 8 unspecified atom stereocenters. The van der Waals surface area contributed by atoms with E-state index < -0.39 is 173 Å². The lowest BCUT2D eigenvalue weighted by Gasteiger charge is -2.41. The van der Waals surface area contributed by atoms with Gasteiger partial charge in [-0.25, -0.2) is 9.59 Å². The van der Waals surface area contributed by atoms with Crippen LogP contribution in [0.2, 0.25) is 5.02 Å². The second-order valence-electron chi connectivity index (χ2n) is 32.4. The van der Waals surface area contributed by atoms with Gasteiger partial charge in [-0.1, -0.05) is 108 Å². The number of aliphatic hydroxyl groups is 4. The molecule has 0 radical (unpaired) electrons. The first-order chi connectivity index (χ1) is 62.6. The molecule has 135 heavy (non-hydrogen) atoms. The van der Waals surface area contributed by atoms with Gasteiger partial charge in [0, 0.05) is 100 Å². The van der Waals surface area contributed by atoms with Gasteiger partial charge in [-0.3, -0.25) is 107 Å². The van der Waals surface area contributed by atoms with Crippen molar-refractivity contribution in [1.29, 1.82) is 0 Å². The lowest BCUT2D eigenvalue weighted by Crippen LogP contribution is -2.38. The minimum Gasteiger partial charge on any atom is -0.464 e. The van der Waals surface area contributed by atoms with Crippen LogP contribution in [0.15, 0.2) is 207 Å². The zero-order valence-electron chi connectivity index (χ0n) is 73.0. The first-order valence-electron chi connectivity index (χ1n) is 39.7. The second-order valence-corrected chi connectivity index (χ2v) is 50.1. The van der Waals surface area contributed by atoms with Crippen LogP contribution < -0.4 is 18.9 Å². The van der Waals surface area contributed by atoms with E-state index in [-0.39, 0.29) is 92.1 Å². The Morgan fingerprint density at radius 3 is 1.10 bits per heavy atom. The summed E-state index contributed by atoms with van der Waals surface area (Å²) in [5.74, 6) is -1.83. The molecule has 0 aliphatic carbocycles. The molecular formula is C82H94ClN5O39P8. The molecule has 53 heteroatoms. The van der Waals surface area contributed by atoms with Crippen LogP contribution in [0.4, 0.5) is 9.59 Å². The highest BCUT2D eigenvalue weighted by atomic mass is 35.5. The fraction of sp³-hybridized carbons (Fsp3) is 0.329. The van der Waals surface area contributed by atoms with Crippen LogP contribution >= 0.6 is 72.4 Å². The van der Waals surface area contributed by atoms with Crippen molar-refractivity contribution in [2.75, 3.05) is 20.2 Å². The minimum absolute atomic E-state index is 0.000368. The van der Waals surface area contributed by atoms with Crippen molar-refractivity contribution in [3.05, 3.63) is 274 Å². The van der Waals surface area contributed by atoms with Gasteiger partial charge in [0.05, 0.1) is 34.5 Å². The summed E-state index contributed by atoms with van der Waals surface area (Å²) in [6, 6.07) is 38.4. The molecule has 4 aliphatic heterocycles. The molecule has 4 fully saturated rings. The molecule has 1 amide bonds. The topological polar surface area (TPSA) is 649 Å². The largest absolute Gasteiger partial charge is 0.514 e. The number of pyridine rings is 4. The predicted molar refractivity (Wildman–Crippen MR) is 473 cm³/mol. The minimum atomic E-state index is -5.20. The van der Waals surface area contributed by atoms with Crippen LogP contribution in [-0.4, -0.2) is 161 Å². The summed E-state index contributed by atoms with van der Waals surface area (Å²) in [5.41, 5.74) is 1.01. The van der Waals surface area contributed by atoms with E-state index in [0.717, 1.165) is 5.56 Å². The number of ether oxygens (including phenoxy) is 6. The number of amides is 1. The maximum Gasteiger partial charge on any atom is 0.514 e. The number of halogens is 1. The van der Waals surface area contributed by atoms with Crippen molar-refractivity contribution in [3.63, 3.8) is 0 Å². The molecule has 5 aromatic carbocycles. The molecule has 44 nitrogen and oxygen atoms in total. The molecule has 9 aromatic rings. The zero-order valence-corrected chi connectivity index (χ0v) is 80.9. The first kappa shape index (κ1) is 108. The Hall–Kier alpha value is -9.02. The number of hydrogen-bond donors (Lipinski definition) is 12. The van der Waals surface area contributed by atoms with Crippen molar-refractivity contribution < 1.29 is 185 Å². The lowest BCUT2D eigenvalue weighted by molar-refractivity contribution is -0.143. The van der Waals surface area contributed by atoms with Gasteiger partial charge in [-0.15, -0.1) is 0 Å². The standard InChI is InChI=1S/C22H20ClNO9P2.C20H24N2O11P2.C20H25NO10P2.C20H25NO9P2/c23-18-12-17(8-9-19(18)31-20(25)11-15-5-2-1-3-6-15)21-32-34(27,28)22(26,35(29,30)33-21)13-16-7-4-10-24-14-16;1-14(23)30-11-10-22(2)19(24)31-17-7-5-16(6-8-17)18-32-34(26,27)20(25,35(28,29)33-18)12-15-4-3-9-21-13-15;1-13-7-8-16(28-18(22)29-19(2,3)4)15(10-13)17-30-32(24,25)20(23,33(26,27)31-17)11-14-6-5-9-21-12-14;1-13-7-8-16(28-18(22)19(2,3)4)15(10-13)17-29-31(24,25)20(23,32(26,27)30-17)11-14-6-5-9-21-12-14/h1-10,12,14,21,26H,11,13H2,(H,27,28)(H,29,30);3-9,13,18,25H,10-12H2,1-2H3,(H,26,27)(H,28,29);5-10,12,17,23H,11H2,1-4H3,(H,24,25)(H,26,27);5-10,12,17,23H,11H2,1-4H3,(H,24,25)(H,26,27). The van der Waals surface area contributed by atoms with Gasteiger partial charge in [0.2, 0.25) is 25.2 Å². The van der Waals surface area contributed by atoms with E-state index in [9.17, 15) is 120 Å². The molecule has 0 bridgehead atoms. The van der Waals surface area contributed by atoms with Crippen molar-refractivity contribution in [2.45, 2.75) is 146 Å². The summed E-state index contributed by atoms with van der Waals surface area (Å²) < 4.78 is 175. The Bertz CT molecular complexity index is 6110. The number of esters is 3. The van der Waals surface area contributed by atoms with Gasteiger partial charge in [-0.05, 0) is 156 Å². The third-order valence-electron chi connectivity index (χ3n) is 19.5. The van der Waals surface area contributed by atoms with Gasteiger partial charge in [0.25, 0.3) is 20.3 Å². The van der Waals surface area contributed by atoms with E-state index in [4.69, 9.17) is 76.2 Å². The second kappa shape index (κ2) is 42.8. The molecule has 4 saturated heterocycles. The predicted octanol–water partition coefficient (Wildman–Crippen LogP) is 14.2. The van der Waals surface area contributed by atoms with Gasteiger partial charge in [0.15, 0.2) is 0 Å². The van der Waals surface area contributed by atoms with E-state index in [2.05, 4.69) is 19.9 Å². The monoisotopic (exact) mass is 2060 g/mol. The van der Waals surface area contributed by atoms with Gasteiger partial charge >= 0.3 is 90.9 Å². The maximum atomic E-state index is 13.0. The van der Waals surface area contributed by atoms with E-state index in [0.29, 0.717) is 11.1 Å². The fourth-order valence-corrected chi connectivity index (χ4v) is 26.8. The van der Waals surface area contributed by atoms with E-state index >= 15 is 0 Å². The highest BCUT2D eigenvalue weighted by Gasteiger charge is 2.71. The highest BCUT2D eigenvalue weighted by Crippen LogP contribution is 2.83. The van der Waals surface area contributed by atoms with Crippen LogP contribution in [0.5, 0.6) is 23.0 Å². The third kappa shape index (κ3) is 26.1. The number of carbonyl (C=O) groups excluding carboxylic acids is 5. The Morgan fingerprint density at radius 1 is 0.422 bits per heavy atom. The zero-order chi connectivity index (χ0) is 99.7. The SMILES string of the molecule is CC(=O)OCCN(C)C(=O)Oc1ccc(C2OP(=O)(O)C(O)(Cc3cccnc3)P(=O)(O)O2)cc1.Cc1ccc(OC(=O)C(C)(C)C)c(C2OP(=O)(O)C(O)(Cc3cccnc3)P(=O)(O)O2)c1.Cc1ccc(OC(=O)OC(C)(C)C)c(C2OP(=O)(O)C(O)(Cc3cccnc3)P(=O)(O)O2)c1.O=C(Cc1ccccc1)Oc1ccc(C2OP(=O)(O)C(O)(Cc3cccnc3)P(=O)(O)O2)cc1Cl. The summed E-state index contributed by atoms with van der Waals surface area (Å²) in [6.45, 7) is 14.5. The van der Waals surface area contributed by atoms with Gasteiger partial charge < -0.3 is 92.9 Å². The van der Waals surface area contributed by atoms with E-state index in [1.165, 1.54) is 184 Å². The maximum absolute atomic E-state index is 13.0. The summed E-state index contributed by atoms with van der Waals surface area (Å²) in [7, 11) is -39.8. The van der Waals surface area contributed by atoms with Gasteiger partial charge in [0.1, 0.15) is 35.2 Å². The molecule has 4 aliphatic rings. The van der Waals surface area contributed by atoms with E-state index in [1.807, 2.05) is 6.07 Å². The van der Waals surface area contributed by atoms with E-state index in [1.54, 1.807) is 91.8 Å². The number of hydrogen-bond acceptors (Lipinski definition) is 35. The summed E-state index contributed by atoms with van der Waals surface area (Å²) in [6.07, 6.45) is -1.21. The molecular weight excluding hydrogens is 1960 g/mol. The average molecular weight is 2060 g/mol. The highest BCUT2D eigenvalue weighted by molar-refractivity contribution is 7.75. The Kier molecular flexibility index (Phi) is 34.2. The third-order valence-corrected chi connectivity index (χ3v) is 38.2. The smallest absolute Gasteiger partial charge is 0.464 e. The fourth-order valence-electron chi connectivity index (χ4n) is 12.3. The molecule has 12 N–H and O–H groups in total. The summed E-state index contributed by atoms with van der Waals surface area (Å²) in [4.78, 5) is 160. The number of rotatable bonds is 21. The van der Waals surface area contributed by atoms with Crippen LogP contribution in [0.1, 0.15) is 135 Å². The normalized spacial score (nSPS) is 29.3. The number of benzene rings is 5. The van der Waals surface area contributed by atoms with Crippen LogP contribution in [0.3, 0.4) is 0 Å². The number of likely N-dealkylation sites (N-methyl/N-ethyl adjacent to an activating group) is 1. The Balaban J connectivity index is 0.000000186. The van der Waals surface area contributed by atoms with Crippen molar-refractivity contribution in [1.82, 2.24) is 24.8 Å². The Morgan fingerprint density at radius 2 is 0.763 bits per heavy atom. The molecule has 0 saturated carbocycles. The number of nitrogens with zero attached hydrogens (tertiary/aromatic N) is 5. The van der Waals surface area contributed by atoms with Crippen molar-refractivity contribution in [2.24, 2.45) is 5.41 Å². The van der Waals surface area contributed by atoms with Crippen LogP contribution in [-0.2, 0) is 129 Å². The Labute approximate surface area is 775 Å². The molecule has 8 heterocycles. The first-order valence-corrected chi connectivity index (χ1v) is 52.7. The molecule has 8 atom stereocenters. The van der Waals surface area contributed by atoms with Crippen molar-refractivity contribution in [3.8, 4) is 23.0 Å². The van der Waals surface area contributed by atoms with Crippen LogP contribution in [0, 0.1) is 19.3 Å². The number of aromatic nitrogens is 4. The van der Waals surface area contributed by atoms with Crippen molar-refractivity contribution >= 4 is 103 Å². The number of carbonyl (C=O) groups is 5. The quantitative estimate of drug-likeness (QED) is 0.0138. The molecule has 13 rings (SSSR count). The van der Waals surface area contributed by atoms with Gasteiger partial charge in [-0.2, -0.15) is 0 Å². The van der Waals surface area contributed by atoms with Crippen LogP contribution in [0.25, 0.3) is 0 Å². The molecule has 728 valence electrons. The number of aryl methyl sites for hydroxylation is 2. The average Bonchev–Trinajstić information content (AvgIpc) is 0.738.